The Labute approximate surface area is 141 Å². The number of hydrazine groups is 1. The smallest absolute Gasteiger partial charge is 0.172 e. The Hall–Kier alpha value is -0.560. The van der Waals surface area contributed by atoms with Crippen LogP contribution in [0.4, 0.5) is 5.69 Å². The Balaban J connectivity index is 1.77. The van der Waals surface area contributed by atoms with E-state index in [4.69, 9.17) is 32.7 Å². The van der Waals surface area contributed by atoms with Crippen molar-refractivity contribution in [2.75, 3.05) is 44.6 Å². The van der Waals surface area contributed by atoms with Gasteiger partial charge in [0.05, 0.1) is 43.8 Å². The van der Waals surface area contributed by atoms with Crippen LogP contribution in [0, 0.1) is 0 Å². The predicted octanol–water partition coefficient (Wildman–Crippen LogP) is 3.03. The van der Waals surface area contributed by atoms with Crippen LogP contribution in [0.5, 0.6) is 0 Å². The molecular formula is C15H21Cl2N3O2. The molecule has 2 saturated heterocycles. The van der Waals surface area contributed by atoms with Gasteiger partial charge in [0.25, 0.3) is 0 Å². The van der Waals surface area contributed by atoms with Crippen LogP contribution in [0.3, 0.4) is 0 Å². The summed E-state index contributed by atoms with van der Waals surface area (Å²) in [6, 6.07) is 5.61. The van der Waals surface area contributed by atoms with Gasteiger partial charge >= 0.3 is 0 Å². The summed E-state index contributed by atoms with van der Waals surface area (Å²) in [5.41, 5.74) is 0.961. The zero-order valence-corrected chi connectivity index (χ0v) is 14.2. The standard InChI is InChI=1S/C15H21Cl2N3O2/c1-2-5-18-10-19(9-15-21-6-7-22-15)20(11-18)14-4-3-12(16)8-13(14)17/h3-4,8,15H,2,5-7,9-11H2,1H3. The molecule has 1 aromatic carbocycles. The highest BCUT2D eigenvalue weighted by molar-refractivity contribution is 6.36. The van der Waals surface area contributed by atoms with Gasteiger partial charge in [-0.1, -0.05) is 30.1 Å². The number of nitrogens with zero attached hydrogens (tertiary/aromatic N) is 3. The first kappa shape index (κ1) is 16.3. The highest BCUT2D eigenvalue weighted by atomic mass is 35.5. The van der Waals surface area contributed by atoms with Gasteiger partial charge in [-0.15, -0.1) is 0 Å². The molecule has 7 heteroatoms. The van der Waals surface area contributed by atoms with Gasteiger partial charge < -0.3 is 9.47 Å². The Bertz CT molecular complexity index is 512. The average Bonchev–Trinajstić information content (AvgIpc) is 3.10. The average molecular weight is 346 g/mol. The molecule has 0 unspecified atom stereocenters. The summed E-state index contributed by atoms with van der Waals surface area (Å²) in [5.74, 6) is 0. The van der Waals surface area contributed by atoms with E-state index < -0.39 is 0 Å². The largest absolute Gasteiger partial charge is 0.349 e. The maximum absolute atomic E-state index is 6.38. The van der Waals surface area contributed by atoms with Gasteiger partial charge in [-0.25, -0.2) is 5.01 Å². The van der Waals surface area contributed by atoms with Crippen molar-refractivity contribution < 1.29 is 9.47 Å². The summed E-state index contributed by atoms with van der Waals surface area (Å²) in [6.45, 7) is 6.91. The second-order valence-electron chi connectivity index (χ2n) is 5.53. The van der Waals surface area contributed by atoms with E-state index >= 15 is 0 Å². The molecule has 2 aliphatic heterocycles. The molecule has 0 amide bonds. The van der Waals surface area contributed by atoms with E-state index in [0.29, 0.717) is 29.8 Å². The zero-order chi connectivity index (χ0) is 15.5. The number of ether oxygens (including phenoxy) is 2. The van der Waals surface area contributed by atoms with Crippen molar-refractivity contribution in [3.63, 3.8) is 0 Å². The lowest BCUT2D eigenvalue weighted by Crippen LogP contribution is -2.42. The van der Waals surface area contributed by atoms with Crippen molar-refractivity contribution in [3.05, 3.63) is 28.2 Å². The third-order valence-corrected chi connectivity index (χ3v) is 4.35. The van der Waals surface area contributed by atoms with Crippen LogP contribution in [0.2, 0.25) is 10.0 Å². The van der Waals surface area contributed by atoms with Crippen molar-refractivity contribution in [2.24, 2.45) is 0 Å². The van der Waals surface area contributed by atoms with Crippen molar-refractivity contribution in [3.8, 4) is 0 Å². The van der Waals surface area contributed by atoms with E-state index in [-0.39, 0.29) is 6.29 Å². The zero-order valence-electron chi connectivity index (χ0n) is 12.7. The predicted molar refractivity (Wildman–Crippen MR) is 88.1 cm³/mol. The molecule has 0 N–H and O–H groups in total. The number of rotatable bonds is 5. The number of hydrogen-bond acceptors (Lipinski definition) is 5. The van der Waals surface area contributed by atoms with Crippen molar-refractivity contribution in [1.29, 1.82) is 0 Å². The van der Waals surface area contributed by atoms with Crippen LogP contribution < -0.4 is 5.01 Å². The lowest BCUT2D eigenvalue weighted by molar-refractivity contribution is -0.0621. The third kappa shape index (κ3) is 3.67. The van der Waals surface area contributed by atoms with Gasteiger partial charge in [-0.3, -0.25) is 9.91 Å². The van der Waals surface area contributed by atoms with Crippen molar-refractivity contribution in [1.82, 2.24) is 9.91 Å². The molecule has 3 rings (SSSR count). The maximum Gasteiger partial charge on any atom is 0.172 e. The SMILES string of the molecule is CCCN1CN(CC2OCCO2)N(c2ccc(Cl)cc2Cl)C1. The van der Waals surface area contributed by atoms with E-state index in [2.05, 4.69) is 21.8 Å². The van der Waals surface area contributed by atoms with Gasteiger partial charge in [-0.2, -0.15) is 0 Å². The van der Waals surface area contributed by atoms with Crippen LogP contribution in [0.1, 0.15) is 13.3 Å². The van der Waals surface area contributed by atoms with Crippen LogP contribution in [0.25, 0.3) is 0 Å². The second-order valence-corrected chi connectivity index (χ2v) is 6.38. The van der Waals surface area contributed by atoms with Crippen molar-refractivity contribution in [2.45, 2.75) is 19.6 Å². The monoisotopic (exact) mass is 345 g/mol. The Morgan fingerprint density at radius 2 is 1.95 bits per heavy atom. The molecule has 0 radical (unpaired) electrons. The first-order chi connectivity index (χ1) is 10.7. The Morgan fingerprint density at radius 3 is 2.64 bits per heavy atom. The van der Waals surface area contributed by atoms with E-state index in [1.54, 1.807) is 6.07 Å². The minimum atomic E-state index is -0.171. The van der Waals surface area contributed by atoms with Gasteiger partial charge in [0.2, 0.25) is 0 Å². The molecule has 2 fully saturated rings. The molecule has 0 aromatic heterocycles. The molecule has 0 saturated carbocycles. The lowest BCUT2D eigenvalue weighted by Gasteiger charge is -2.30. The van der Waals surface area contributed by atoms with Crippen LogP contribution in [-0.2, 0) is 9.47 Å². The summed E-state index contributed by atoms with van der Waals surface area (Å²) in [7, 11) is 0. The minimum absolute atomic E-state index is 0.171. The van der Waals surface area contributed by atoms with Gasteiger partial charge in [-0.05, 0) is 24.6 Å². The molecule has 0 bridgehead atoms. The van der Waals surface area contributed by atoms with E-state index in [9.17, 15) is 0 Å². The quantitative estimate of drug-likeness (QED) is 0.817. The molecule has 1 aromatic rings. The van der Waals surface area contributed by atoms with Gasteiger partial charge in [0, 0.05) is 11.6 Å². The lowest BCUT2D eigenvalue weighted by atomic mass is 10.3. The fraction of sp³-hybridized carbons (Fsp3) is 0.600. The highest BCUT2D eigenvalue weighted by Crippen LogP contribution is 2.32. The van der Waals surface area contributed by atoms with Crippen LogP contribution in [0.15, 0.2) is 18.2 Å². The number of hydrogen-bond donors (Lipinski definition) is 0. The van der Waals surface area contributed by atoms with E-state index in [1.807, 2.05) is 12.1 Å². The molecule has 122 valence electrons. The number of anilines is 1. The number of halogens is 2. The van der Waals surface area contributed by atoms with E-state index in [0.717, 1.165) is 32.0 Å². The normalized spacial score (nSPS) is 21.1. The third-order valence-electron chi connectivity index (χ3n) is 3.82. The van der Waals surface area contributed by atoms with Crippen LogP contribution in [-0.4, -0.2) is 55.8 Å². The fourth-order valence-electron chi connectivity index (χ4n) is 2.85. The Morgan fingerprint density at radius 1 is 1.18 bits per heavy atom. The second kappa shape index (κ2) is 7.34. The molecule has 5 nitrogen and oxygen atoms in total. The molecular weight excluding hydrogens is 325 g/mol. The fourth-order valence-corrected chi connectivity index (χ4v) is 3.35. The first-order valence-corrected chi connectivity index (χ1v) is 8.36. The summed E-state index contributed by atoms with van der Waals surface area (Å²) in [4.78, 5) is 2.37. The molecule has 22 heavy (non-hydrogen) atoms. The number of benzene rings is 1. The molecule has 2 aliphatic rings. The Kier molecular flexibility index (Phi) is 5.44. The summed E-state index contributed by atoms with van der Waals surface area (Å²) in [6.07, 6.45) is 0.946. The van der Waals surface area contributed by atoms with Gasteiger partial charge in [0.1, 0.15) is 0 Å². The molecule has 0 aliphatic carbocycles. The van der Waals surface area contributed by atoms with E-state index in [1.165, 1.54) is 0 Å². The first-order valence-electron chi connectivity index (χ1n) is 7.60. The summed E-state index contributed by atoms with van der Waals surface area (Å²) >= 11 is 12.4. The van der Waals surface area contributed by atoms with Gasteiger partial charge in [0.15, 0.2) is 6.29 Å². The van der Waals surface area contributed by atoms with Crippen LogP contribution >= 0.6 is 23.2 Å². The van der Waals surface area contributed by atoms with Crippen molar-refractivity contribution >= 4 is 28.9 Å². The summed E-state index contributed by atoms with van der Waals surface area (Å²) < 4.78 is 11.2. The summed E-state index contributed by atoms with van der Waals surface area (Å²) in [5, 5.41) is 5.71. The maximum atomic E-state index is 6.38. The molecule has 2 heterocycles. The topological polar surface area (TPSA) is 28.2 Å². The molecule has 0 spiro atoms. The molecule has 0 atom stereocenters. The minimum Gasteiger partial charge on any atom is -0.349 e. The highest BCUT2D eigenvalue weighted by Gasteiger charge is 2.32.